The molecule has 2 aromatic rings. The van der Waals surface area contributed by atoms with Gasteiger partial charge in [-0.3, -0.25) is 14.3 Å². The van der Waals surface area contributed by atoms with Crippen molar-refractivity contribution in [2.24, 2.45) is 7.05 Å². The van der Waals surface area contributed by atoms with Crippen LogP contribution in [0.25, 0.3) is 0 Å². The Balaban J connectivity index is 1.81. The monoisotopic (exact) mass is 300 g/mol. The molecule has 0 radical (unpaired) electrons. The predicted octanol–water partition coefficient (Wildman–Crippen LogP) is 1.28. The Bertz CT molecular complexity index is 705. The maximum absolute atomic E-state index is 12.8. The number of hydrogen-bond acceptors (Lipinski definition) is 3. The van der Waals surface area contributed by atoms with E-state index in [4.69, 9.17) is 0 Å². The van der Waals surface area contributed by atoms with Crippen molar-refractivity contribution in [1.29, 1.82) is 0 Å². The van der Waals surface area contributed by atoms with Crippen molar-refractivity contribution in [2.45, 2.75) is 31.8 Å². The van der Waals surface area contributed by atoms with E-state index in [0.29, 0.717) is 12.1 Å². The van der Waals surface area contributed by atoms with Gasteiger partial charge in [0.15, 0.2) is 0 Å². The molecule has 2 aromatic heterocycles. The fraction of sp³-hybridized carbons (Fsp3) is 0.438. The molecule has 6 heteroatoms. The molecule has 3 heterocycles. The molecule has 1 unspecified atom stereocenters. The number of hydrogen-bond donors (Lipinski definition) is 0. The summed E-state index contributed by atoms with van der Waals surface area (Å²) in [5.41, 5.74) is 0.307. The molecular weight excluding hydrogens is 280 g/mol. The van der Waals surface area contributed by atoms with Crippen molar-refractivity contribution in [1.82, 2.24) is 19.2 Å². The van der Waals surface area contributed by atoms with Crippen LogP contribution >= 0.6 is 0 Å². The number of carbonyl (C=O) groups is 1. The average Bonchev–Trinajstić information content (AvgIpc) is 3.03. The summed E-state index contributed by atoms with van der Waals surface area (Å²) in [5, 5.41) is 4.23. The highest BCUT2D eigenvalue weighted by Gasteiger charge is 2.28. The predicted molar refractivity (Wildman–Crippen MR) is 82.6 cm³/mol. The van der Waals surface area contributed by atoms with Gasteiger partial charge in [-0.2, -0.15) is 5.10 Å². The third-order valence-electron chi connectivity index (χ3n) is 4.20. The third-order valence-corrected chi connectivity index (χ3v) is 4.20. The van der Waals surface area contributed by atoms with Crippen LogP contribution in [0, 0.1) is 0 Å². The van der Waals surface area contributed by atoms with Gasteiger partial charge in [0.25, 0.3) is 11.5 Å². The highest BCUT2D eigenvalue weighted by atomic mass is 16.2. The molecule has 0 spiro atoms. The zero-order valence-corrected chi connectivity index (χ0v) is 12.7. The summed E-state index contributed by atoms with van der Waals surface area (Å²) in [4.78, 5) is 26.4. The van der Waals surface area contributed by atoms with Gasteiger partial charge >= 0.3 is 0 Å². The lowest BCUT2D eigenvalue weighted by atomic mass is 10.0. The molecule has 0 bridgehead atoms. The van der Waals surface area contributed by atoms with Crippen LogP contribution in [0.1, 0.15) is 29.6 Å². The van der Waals surface area contributed by atoms with Crippen molar-refractivity contribution >= 4 is 5.91 Å². The number of pyridine rings is 1. The molecular formula is C16H20N4O2. The summed E-state index contributed by atoms with van der Waals surface area (Å²) in [6.07, 6.45) is 8.39. The van der Waals surface area contributed by atoms with Gasteiger partial charge in [0.2, 0.25) is 0 Å². The number of aromatic nitrogens is 3. The minimum atomic E-state index is -0.161. The number of amides is 1. The Hall–Kier alpha value is -2.37. The van der Waals surface area contributed by atoms with E-state index in [1.807, 2.05) is 21.8 Å². The molecule has 116 valence electrons. The van der Waals surface area contributed by atoms with Crippen LogP contribution in [0.5, 0.6) is 0 Å². The van der Waals surface area contributed by atoms with Crippen LogP contribution in [0.3, 0.4) is 0 Å². The fourth-order valence-corrected chi connectivity index (χ4v) is 2.93. The highest BCUT2D eigenvalue weighted by molar-refractivity contribution is 5.94. The van der Waals surface area contributed by atoms with Gasteiger partial charge in [-0.15, -0.1) is 0 Å². The number of piperidine rings is 1. The van der Waals surface area contributed by atoms with Gasteiger partial charge in [0, 0.05) is 43.8 Å². The van der Waals surface area contributed by atoms with Crippen LogP contribution in [0.4, 0.5) is 0 Å². The molecule has 3 rings (SSSR count). The molecule has 1 saturated heterocycles. The van der Waals surface area contributed by atoms with Gasteiger partial charge in [-0.05, 0) is 31.4 Å². The SMILES string of the molecule is Cn1ccc(C(=O)N2CCCCC2Cn2cccn2)cc1=O. The molecule has 6 nitrogen and oxygen atoms in total. The Morgan fingerprint density at radius 1 is 1.36 bits per heavy atom. The number of aryl methyl sites for hydroxylation is 1. The molecule has 1 aliphatic heterocycles. The first-order valence-electron chi connectivity index (χ1n) is 7.60. The zero-order chi connectivity index (χ0) is 15.5. The second-order valence-corrected chi connectivity index (χ2v) is 5.74. The smallest absolute Gasteiger partial charge is 0.254 e. The topological polar surface area (TPSA) is 60.1 Å². The number of rotatable bonds is 3. The molecule has 1 amide bonds. The van der Waals surface area contributed by atoms with Crippen LogP contribution in [0.2, 0.25) is 0 Å². The Morgan fingerprint density at radius 3 is 2.95 bits per heavy atom. The first kappa shape index (κ1) is 14.6. The van der Waals surface area contributed by atoms with E-state index in [2.05, 4.69) is 5.10 Å². The summed E-state index contributed by atoms with van der Waals surface area (Å²) < 4.78 is 3.33. The van der Waals surface area contributed by atoms with Crippen LogP contribution < -0.4 is 5.56 Å². The quantitative estimate of drug-likeness (QED) is 0.858. The molecule has 0 aliphatic carbocycles. The maximum Gasteiger partial charge on any atom is 0.254 e. The molecule has 1 fully saturated rings. The third kappa shape index (κ3) is 2.95. The summed E-state index contributed by atoms with van der Waals surface area (Å²) in [5.74, 6) is -0.0606. The summed E-state index contributed by atoms with van der Waals surface area (Å²) in [7, 11) is 1.68. The van der Waals surface area contributed by atoms with Crippen LogP contribution in [0.15, 0.2) is 41.6 Å². The van der Waals surface area contributed by atoms with E-state index in [-0.39, 0.29) is 17.5 Å². The van der Waals surface area contributed by atoms with Crippen LogP contribution in [-0.4, -0.2) is 37.7 Å². The van der Waals surface area contributed by atoms with Gasteiger partial charge in [-0.25, -0.2) is 0 Å². The highest BCUT2D eigenvalue weighted by Crippen LogP contribution is 2.20. The Kier molecular flexibility index (Phi) is 4.09. The first-order chi connectivity index (χ1) is 10.6. The minimum absolute atomic E-state index is 0.0606. The first-order valence-corrected chi connectivity index (χ1v) is 7.60. The summed E-state index contributed by atoms with van der Waals surface area (Å²) >= 11 is 0. The minimum Gasteiger partial charge on any atom is -0.334 e. The lowest BCUT2D eigenvalue weighted by molar-refractivity contribution is 0.0583. The Labute approximate surface area is 129 Å². The van der Waals surface area contributed by atoms with E-state index in [9.17, 15) is 9.59 Å². The Morgan fingerprint density at radius 2 is 2.23 bits per heavy atom. The summed E-state index contributed by atoms with van der Waals surface area (Å²) in [6.45, 7) is 1.43. The molecule has 1 atom stereocenters. The number of carbonyl (C=O) groups excluding carboxylic acids is 1. The van der Waals surface area contributed by atoms with Gasteiger partial charge in [0.1, 0.15) is 0 Å². The van der Waals surface area contributed by atoms with Crippen molar-refractivity contribution in [3.63, 3.8) is 0 Å². The molecule has 0 aromatic carbocycles. The van der Waals surface area contributed by atoms with E-state index in [1.165, 1.54) is 10.6 Å². The van der Waals surface area contributed by atoms with Crippen molar-refractivity contribution in [3.8, 4) is 0 Å². The summed E-state index contributed by atoms with van der Waals surface area (Å²) in [6, 6.07) is 5.14. The number of nitrogens with zero attached hydrogens (tertiary/aromatic N) is 4. The van der Waals surface area contributed by atoms with Gasteiger partial charge in [-0.1, -0.05) is 0 Å². The largest absolute Gasteiger partial charge is 0.334 e. The van der Waals surface area contributed by atoms with E-state index in [1.54, 1.807) is 25.5 Å². The maximum atomic E-state index is 12.8. The van der Waals surface area contributed by atoms with Gasteiger partial charge < -0.3 is 9.47 Å². The molecule has 1 aliphatic rings. The molecule has 22 heavy (non-hydrogen) atoms. The van der Waals surface area contributed by atoms with E-state index in [0.717, 1.165) is 25.8 Å². The van der Waals surface area contributed by atoms with Crippen molar-refractivity contribution in [2.75, 3.05) is 6.54 Å². The van der Waals surface area contributed by atoms with E-state index >= 15 is 0 Å². The second kappa shape index (κ2) is 6.17. The van der Waals surface area contributed by atoms with E-state index < -0.39 is 0 Å². The van der Waals surface area contributed by atoms with Crippen LogP contribution in [-0.2, 0) is 13.6 Å². The fourth-order valence-electron chi connectivity index (χ4n) is 2.93. The standard InChI is InChI=1S/C16H20N4O2/c1-18-10-6-13(11-15(18)21)16(22)20-9-3-2-5-14(20)12-19-8-4-7-17-19/h4,6-8,10-11,14H,2-3,5,9,12H2,1H3. The van der Waals surface area contributed by atoms with Crippen molar-refractivity contribution in [3.05, 3.63) is 52.7 Å². The van der Waals surface area contributed by atoms with Gasteiger partial charge in [0.05, 0.1) is 12.6 Å². The normalized spacial score (nSPS) is 18.4. The molecule has 0 saturated carbocycles. The number of likely N-dealkylation sites (tertiary alicyclic amines) is 1. The van der Waals surface area contributed by atoms with Crippen molar-refractivity contribution < 1.29 is 4.79 Å². The molecule has 0 N–H and O–H groups in total. The second-order valence-electron chi connectivity index (χ2n) is 5.74. The average molecular weight is 300 g/mol. The lowest BCUT2D eigenvalue weighted by Gasteiger charge is -2.35. The lowest BCUT2D eigenvalue weighted by Crippen LogP contribution is -2.46. The zero-order valence-electron chi connectivity index (χ0n) is 12.7.